The van der Waals surface area contributed by atoms with E-state index in [1.54, 1.807) is 0 Å². The van der Waals surface area contributed by atoms with Gasteiger partial charge in [0.25, 0.3) is 0 Å². The third-order valence-electron chi connectivity index (χ3n) is 6.12. The van der Waals surface area contributed by atoms with Crippen molar-refractivity contribution in [2.75, 3.05) is 172 Å². The molecule has 0 fully saturated rings. The first-order valence-corrected chi connectivity index (χ1v) is 20.0. The number of hydrogen-bond donors (Lipinski definition) is 1. The van der Waals surface area contributed by atoms with E-state index in [-0.39, 0.29) is 24.8 Å². The van der Waals surface area contributed by atoms with E-state index in [9.17, 15) is 9.59 Å². The molecule has 0 rings (SSSR count). The standard InChI is InChI=1S/C19H37N3O8.C19H39NO8/c1-19(2,3)30-18(23)4-6-24-8-10-26-12-14-28-16-17-29-15-13-27-11-9-25-7-5-21-22-20;1-19(2,3)28-18(21)4-6-22-8-10-24-12-14-26-16-17-27-15-13-25-11-9-23-7-5-20/h4-17H2,1-3H3;4-17,20H2,1-3H3. The first kappa shape index (κ1) is 57.8. The Morgan fingerprint density at radius 1 is 0.414 bits per heavy atom. The number of carbonyl (C=O) groups excluding carboxylic acids is 2. The van der Waals surface area contributed by atoms with Gasteiger partial charge in [-0.15, -0.1) is 0 Å². The fraction of sp³-hybridized carbons (Fsp3) is 0.947. The molecule has 0 aliphatic rings. The van der Waals surface area contributed by atoms with Gasteiger partial charge < -0.3 is 72.0 Å². The van der Waals surface area contributed by atoms with Crippen LogP contribution in [0.3, 0.4) is 0 Å². The van der Waals surface area contributed by atoms with Gasteiger partial charge in [0.15, 0.2) is 0 Å². The molecule has 344 valence electrons. The number of rotatable bonds is 41. The van der Waals surface area contributed by atoms with Crippen LogP contribution in [0.15, 0.2) is 5.11 Å². The van der Waals surface area contributed by atoms with Crippen molar-refractivity contribution in [1.82, 2.24) is 0 Å². The molecule has 20 heteroatoms. The average Bonchev–Trinajstić information content (AvgIpc) is 3.15. The van der Waals surface area contributed by atoms with Gasteiger partial charge in [-0.3, -0.25) is 9.59 Å². The summed E-state index contributed by atoms with van der Waals surface area (Å²) >= 11 is 0. The third-order valence-corrected chi connectivity index (χ3v) is 6.12. The molecule has 0 amide bonds. The lowest BCUT2D eigenvalue weighted by Crippen LogP contribution is -2.24. The second-order valence-corrected chi connectivity index (χ2v) is 13.8. The van der Waals surface area contributed by atoms with Crippen LogP contribution in [-0.4, -0.2) is 195 Å². The maximum absolute atomic E-state index is 11.5. The van der Waals surface area contributed by atoms with Crippen molar-refractivity contribution in [3.63, 3.8) is 0 Å². The molecule has 0 aliphatic heterocycles. The van der Waals surface area contributed by atoms with Gasteiger partial charge in [-0.05, 0) is 47.1 Å². The molecule has 2 N–H and O–H groups in total. The van der Waals surface area contributed by atoms with Crippen LogP contribution in [0.2, 0.25) is 0 Å². The van der Waals surface area contributed by atoms with Gasteiger partial charge >= 0.3 is 11.9 Å². The maximum atomic E-state index is 11.5. The predicted molar refractivity (Wildman–Crippen MR) is 214 cm³/mol. The van der Waals surface area contributed by atoms with Crippen LogP contribution < -0.4 is 5.73 Å². The van der Waals surface area contributed by atoms with Gasteiger partial charge in [-0.2, -0.15) is 0 Å². The number of carbonyl (C=O) groups is 2. The van der Waals surface area contributed by atoms with E-state index >= 15 is 0 Å². The molecule has 0 atom stereocenters. The molecule has 0 aromatic carbocycles. The van der Waals surface area contributed by atoms with Crippen molar-refractivity contribution in [3.8, 4) is 0 Å². The first-order chi connectivity index (χ1) is 27.9. The highest BCUT2D eigenvalue weighted by molar-refractivity contribution is 5.70. The van der Waals surface area contributed by atoms with Crippen molar-refractivity contribution < 1.29 is 75.9 Å². The monoisotopic (exact) mass is 845 g/mol. The van der Waals surface area contributed by atoms with Gasteiger partial charge in [-0.1, -0.05) is 5.11 Å². The molecule has 0 radical (unpaired) electrons. The van der Waals surface area contributed by atoms with Crippen LogP contribution >= 0.6 is 0 Å². The van der Waals surface area contributed by atoms with Crippen LogP contribution in [0.25, 0.3) is 10.4 Å². The van der Waals surface area contributed by atoms with Gasteiger partial charge in [-0.25, -0.2) is 0 Å². The molecule has 0 aromatic heterocycles. The average molecular weight is 845 g/mol. The summed E-state index contributed by atoms with van der Waals surface area (Å²) in [6.07, 6.45) is 0.478. The summed E-state index contributed by atoms with van der Waals surface area (Å²) in [5.41, 5.74) is 12.5. The molecule has 0 bridgehead atoms. The Morgan fingerprint density at radius 2 is 0.638 bits per heavy atom. The van der Waals surface area contributed by atoms with E-state index in [1.807, 2.05) is 41.5 Å². The molecule has 0 unspecified atom stereocenters. The zero-order valence-corrected chi connectivity index (χ0v) is 36.2. The molecule has 20 nitrogen and oxygen atoms in total. The van der Waals surface area contributed by atoms with Gasteiger partial charge in [0.05, 0.1) is 171 Å². The van der Waals surface area contributed by atoms with Crippen molar-refractivity contribution in [3.05, 3.63) is 10.4 Å². The Hall–Kier alpha value is -2.27. The Balaban J connectivity index is 0. The van der Waals surface area contributed by atoms with Crippen LogP contribution in [0.5, 0.6) is 0 Å². The number of hydrogen-bond acceptors (Lipinski definition) is 18. The molecule has 0 spiro atoms. The van der Waals surface area contributed by atoms with Gasteiger partial charge in [0.1, 0.15) is 11.2 Å². The summed E-state index contributed by atoms with van der Waals surface area (Å²) in [5.74, 6) is -0.523. The highest BCUT2D eigenvalue weighted by Crippen LogP contribution is 2.09. The molecule has 0 heterocycles. The lowest BCUT2D eigenvalue weighted by atomic mass is 10.2. The topological polar surface area (TPSA) is 238 Å². The lowest BCUT2D eigenvalue weighted by molar-refractivity contribution is -0.157. The van der Waals surface area contributed by atoms with Crippen LogP contribution in [0.1, 0.15) is 54.4 Å². The fourth-order valence-corrected chi connectivity index (χ4v) is 3.73. The van der Waals surface area contributed by atoms with Crippen molar-refractivity contribution in [2.45, 2.75) is 65.6 Å². The molecular weight excluding hydrogens is 768 g/mol. The fourth-order valence-electron chi connectivity index (χ4n) is 3.73. The zero-order chi connectivity index (χ0) is 43.3. The Kier molecular flexibility index (Phi) is 44.2. The minimum absolute atomic E-state index is 0.234. The van der Waals surface area contributed by atoms with E-state index in [4.69, 9.17) is 77.6 Å². The summed E-state index contributed by atoms with van der Waals surface area (Å²) in [6, 6.07) is 0. The number of ether oxygens (including phenoxy) is 14. The van der Waals surface area contributed by atoms with Gasteiger partial charge in [0, 0.05) is 18.0 Å². The van der Waals surface area contributed by atoms with Crippen LogP contribution in [0, 0.1) is 0 Å². The molecule has 0 aliphatic carbocycles. The van der Waals surface area contributed by atoms with E-state index < -0.39 is 11.2 Å². The Bertz CT molecular complexity index is 950. The van der Waals surface area contributed by atoms with Crippen molar-refractivity contribution >= 4 is 11.9 Å². The van der Waals surface area contributed by atoms with E-state index in [1.165, 1.54) is 0 Å². The first-order valence-electron chi connectivity index (χ1n) is 20.0. The van der Waals surface area contributed by atoms with Gasteiger partial charge in [0.2, 0.25) is 0 Å². The van der Waals surface area contributed by atoms with E-state index in [0.29, 0.717) is 172 Å². The number of esters is 2. The molecular formula is C38H76N4O16. The molecule has 0 saturated heterocycles. The summed E-state index contributed by atoms with van der Waals surface area (Å²) in [7, 11) is 0. The quantitative estimate of drug-likeness (QED) is 0.0306. The third kappa shape index (κ3) is 55.8. The lowest BCUT2D eigenvalue weighted by Gasteiger charge is -2.19. The minimum atomic E-state index is -0.468. The Labute approximate surface area is 346 Å². The second kappa shape index (κ2) is 44.3. The van der Waals surface area contributed by atoms with E-state index in [2.05, 4.69) is 10.0 Å². The largest absolute Gasteiger partial charge is 0.460 e. The molecule has 0 saturated carbocycles. The smallest absolute Gasteiger partial charge is 0.308 e. The van der Waals surface area contributed by atoms with Crippen LogP contribution in [-0.2, 0) is 75.9 Å². The summed E-state index contributed by atoms with van der Waals surface area (Å²) in [5, 5.41) is 3.36. The zero-order valence-electron chi connectivity index (χ0n) is 36.2. The molecule has 58 heavy (non-hydrogen) atoms. The maximum Gasteiger partial charge on any atom is 0.308 e. The summed E-state index contributed by atoms with van der Waals surface area (Å²) in [6.45, 7) is 23.2. The normalized spacial score (nSPS) is 11.5. The minimum Gasteiger partial charge on any atom is -0.460 e. The number of azide groups is 1. The van der Waals surface area contributed by atoms with Crippen molar-refractivity contribution in [1.29, 1.82) is 0 Å². The Morgan fingerprint density at radius 3 is 0.862 bits per heavy atom. The van der Waals surface area contributed by atoms with Crippen molar-refractivity contribution in [2.24, 2.45) is 10.8 Å². The highest BCUT2D eigenvalue weighted by Gasteiger charge is 2.16. The van der Waals surface area contributed by atoms with Crippen LogP contribution in [0.4, 0.5) is 0 Å². The highest BCUT2D eigenvalue weighted by atomic mass is 16.6. The number of nitrogens with zero attached hydrogens (tertiary/aromatic N) is 3. The summed E-state index contributed by atoms with van der Waals surface area (Å²) in [4.78, 5) is 25.6. The SMILES string of the molecule is CC(C)(C)OC(=O)CCOCCOCCOCCOCCOCCOCCN.CC(C)(C)OC(=O)CCOCCOCCOCCOCCOCCOCCN=[N+]=[N-]. The second-order valence-electron chi connectivity index (χ2n) is 13.8. The predicted octanol–water partition coefficient (Wildman–Crippen LogP) is 2.90. The number of nitrogens with two attached hydrogens (primary N) is 1. The van der Waals surface area contributed by atoms with E-state index in [0.717, 1.165) is 0 Å². The molecule has 0 aromatic rings. The summed E-state index contributed by atoms with van der Waals surface area (Å²) < 4.78 is 74.3.